The van der Waals surface area contributed by atoms with Crippen LogP contribution in [0.4, 0.5) is 4.39 Å². The van der Waals surface area contributed by atoms with Crippen LogP contribution >= 0.6 is 11.6 Å². The summed E-state index contributed by atoms with van der Waals surface area (Å²) in [6.45, 7) is 5.81. The molecule has 1 aromatic heterocycles. The van der Waals surface area contributed by atoms with Gasteiger partial charge in [0, 0.05) is 12.0 Å². The first-order valence-electron chi connectivity index (χ1n) is 6.93. The molecule has 0 fully saturated rings. The van der Waals surface area contributed by atoms with Gasteiger partial charge in [-0.2, -0.15) is 0 Å². The average molecular weight is 330 g/mol. The molecule has 0 aliphatic rings. The summed E-state index contributed by atoms with van der Waals surface area (Å²) in [7, 11) is 0. The normalized spacial score (nSPS) is 11.2. The fraction of sp³-hybridized carbons (Fsp3) is 0.400. The van der Waals surface area contributed by atoms with Gasteiger partial charge in [0.2, 0.25) is 5.88 Å². The molecular formula is C15H17ClFNO4. The molecule has 0 amide bonds. The van der Waals surface area contributed by atoms with Crippen molar-refractivity contribution in [2.45, 2.75) is 33.1 Å². The molecule has 0 aliphatic heterocycles. The Bertz CT molecular complexity index is 736. The zero-order chi connectivity index (χ0) is 16.4. The summed E-state index contributed by atoms with van der Waals surface area (Å²) >= 11 is 5.92. The van der Waals surface area contributed by atoms with Gasteiger partial charge in [-0.25, -0.2) is 13.8 Å². The van der Waals surface area contributed by atoms with Gasteiger partial charge in [0.05, 0.1) is 17.3 Å². The maximum absolute atomic E-state index is 14.2. The third kappa shape index (κ3) is 2.97. The van der Waals surface area contributed by atoms with E-state index in [9.17, 15) is 14.3 Å². The molecule has 1 N–H and O–H groups in total. The zero-order valence-corrected chi connectivity index (χ0v) is 13.3. The number of aromatic hydroxyl groups is 1. The number of nitrogens with zero attached hydrogens (tertiary/aromatic N) is 1. The van der Waals surface area contributed by atoms with Crippen molar-refractivity contribution in [1.82, 2.24) is 4.57 Å². The van der Waals surface area contributed by atoms with E-state index in [-0.39, 0.29) is 28.1 Å². The van der Waals surface area contributed by atoms with Crippen molar-refractivity contribution in [3.63, 3.8) is 0 Å². The van der Waals surface area contributed by atoms with E-state index in [1.54, 1.807) is 13.8 Å². The Morgan fingerprint density at radius 2 is 2.14 bits per heavy atom. The summed E-state index contributed by atoms with van der Waals surface area (Å²) in [6, 6.07) is 2.31. The lowest BCUT2D eigenvalue weighted by molar-refractivity contribution is 0.317. The highest BCUT2D eigenvalue weighted by Gasteiger charge is 2.23. The molecule has 2 rings (SSSR count). The van der Waals surface area contributed by atoms with Crippen molar-refractivity contribution in [1.29, 1.82) is 0 Å². The third-order valence-electron chi connectivity index (χ3n) is 3.04. The highest BCUT2D eigenvalue weighted by molar-refractivity contribution is 6.32. The lowest BCUT2D eigenvalue weighted by Crippen LogP contribution is -2.13. The van der Waals surface area contributed by atoms with Crippen molar-refractivity contribution in [3.8, 4) is 17.3 Å². The van der Waals surface area contributed by atoms with Crippen LogP contribution < -0.4 is 10.5 Å². The van der Waals surface area contributed by atoms with Crippen LogP contribution in [0.1, 0.15) is 38.9 Å². The quantitative estimate of drug-likeness (QED) is 0.905. The number of oxazole rings is 1. The van der Waals surface area contributed by atoms with Crippen LogP contribution in [0.5, 0.6) is 11.6 Å². The van der Waals surface area contributed by atoms with E-state index in [0.29, 0.717) is 6.61 Å². The molecular weight excluding hydrogens is 313 g/mol. The molecule has 0 saturated heterocycles. The van der Waals surface area contributed by atoms with Crippen LogP contribution in [-0.4, -0.2) is 16.3 Å². The lowest BCUT2D eigenvalue weighted by Gasteiger charge is -2.11. The van der Waals surface area contributed by atoms with E-state index in [1.165, 1.54) is 6.07 Å². The molecule has 0 unspecified atom stereocenters. The predicted molar refractivity (Wildman–Crippen MR) is 80.8 cm³/mol. The molecule has 0 atom stereocenters. The second-order valence-corrected chi connectivity index (χ2v) is 5.54. The Morgan fingerprint density at radius 3 is 2.68 bits per heavy atom. The van der Waals surface area contributed by atoms with E-state index < -0.39 is 17.5 Å². The first kappa shape index (κ1) is 16.4. The summed E-state index contributed by atoms with van der Waals surface area (Å²) in [5.74, 6) is -1.96. The van der Waals surface area contributed by atoms with Gasteiger partial charge in [-0.05, 0) is 12.5 Å². The number of hydrogen-bond acceptors (Lipinski definition) is 4. The second kappa shape index (κ2) is 6.44. The monoisotopic (exact) mass is 329 g/mol. The van der Waals surface area contributed by atoms with Gasteiger partial charge < -0.3 is 14.3 Å². The van der Waals surface area contributed by atoms with E-state index in [4.69, 9.17) is 20.8 Å². The molecule has 0 bridgehead atoms. The molecule has 0 spiro atoms. The highest BCUT2D eigenvalue weighted by Crippen LogP contribution is 2.33. The molecule has 1 aromatic carbocycles. The Labute approximate surface area is 131 Å². The third-order valence-corrected chi connectivity index (χ3v) is 3.34. The van der Waals surface area contributed by atoms with Gasteiger partial charge in [0.1, 0.15) is 11.6 Å². The van der Waals surface area contributed by atoms with Crippen molar-refractivity contribution in [3.05, 3.63) is 39.3 Å². The lowest BCUT2D eigenvalue weighted by atomic mass is 10.2. The molecule has 0 radical (unpaired) electrons. The van der Waals surface area contributed by atoms with Gasteiger partial charge in [-0.1, -0.05) is 32.4 Å². The molecule has 0 saturated carbocycles. The summed E-state index contributed by atoms with van der Waals surface area (Å²) in [4.78, 5) is 11.9. The zero-order valence-electron chi connectivity index (χ0n) is 12.5. The van der Waals surface area contributed by atoms with Gasteiger partial charge in [0.15, 0.2) is 5.76 Å². The van der Waals surface area contributed by atoms with Crippen molar-refractivity contribution < 1.29 is 18.7 Å². The maximum Gasteiger partial charge on any atom is 0.426 e. The fourth-order valence-corrected chi connectivity index (χ4v) is 2.19. The first-order valence-corrected chi connectivity index (χ1v) is 7.31. The van der Waals surface area contributed by atoms with Gasteiger partial charge in [-0.15, -0.1) is 0 Å². The van der Waals surface area contributed by atoms with Crippen molar-refractivity contribution in [2.24, 2.45) is 0 Å². The van der Waals surface area contributed by atoms with Crippen molar-refractivity contribution in [2.75, 3.05) is 6.61 Å². The van der Waals surface area contributed by atoms with E-state index in [1.807, 2.05) is 6.92 Å². The molecule has 7 heteroatoms. The highest BCUT2D eigenvalue weighted by atomic mass is 35.5. The van der Waals surface area contributed by atoms with Gasteiger partial charge >= 0.3 is 5.76 Å². The molecule has 120 valence electrons. The number of aromatic nitrogens is 1. The smallest absolute Gasteiger partial charge is 0.426 e. The number of ether oxygens (including phenoxy) is 1. The molecule has 1 heterocycles. The Hall–Kier alpha value is -1.95. The van der Waals surface area contributed by atoms with Crippen LogP contribution in [0.2, 0.25) is 5.02 Å². The van der Waals surface area contributed by atoms with Gasteiger partial charge in [-0.3, -0.25) is 0 Å². The van der Waals surface area contributed by atoms with Crippen LogP contribution in [0.25, 0.3) is 5.69 Å². The summed E-state index contributed by atoms with van der Waals surface area (Å²) in [6.07, 6.45) is 0.747. The average Bonchev–Trinajstić information content (AvgIpc) is 2.74. The predicted octanol–water partition coefficient (Wildman–Crippen LogP) is 3.84. The number of halogens is 2. The second-order valence-electron chi connectivity index (χ2n) is 5.13. The Morgan fingerprint density at radius 1 is 1.45 bits per heavy atom. The molecule has 22 heavy (non-hydrogen) atoms. The first-order chi connectivity index (χ1) is 10.4. The SMILES string of the molecule is CCCOc1cc(-n2c(O)c(C(C)C)oc2=O)c(F)cc1Cl. The van der Waals surface area contributed by atoms with E-state index in [2.05, 4.69) is 0 Å². The van der Waals surface area contributed by atoms with Gasteiger partial charge in [0.25, 0.3) is 0 Å². The van der Waals surface area contributed by atoms with Crippen LogP contribution in [0.15, 0.2) is 21.3 Å². The maximum atomic E-state index is 14.2. The summed E-state index contributed by atoms with van der Waals surface area (Å²) in [5.41, 5.74) is -0.173. The topological polar surface area (TPSA) is 64.6 Å². The molecule has 5 nitrogen and oxygen atoms in total. The van der Waals surface area contributed by atoms with Crippen LogP contribution in [0.3, 0.4) is 0 Å². The van der Waals surface area contributed by atoms with E-state index in [0.717, 1.165) is 17.1 Å². The Kier molecular flexibility index (Phi) is 4.81. The number of rotatable bonds is 5. The summed E-state index contributed by atoms with van der Waals surface area (Å²) in [5, 5.41) is 10.2. The number of hydrogen-bond donors (Lipinski definition) is 1. The fourth-order valence-electron chi connectivity index (χ4n) is 1.98. The Balaban J connectivity index is 2.60. The van der Waals surface area contributed by atoms with Crippen LogP contribution in [-0.2, 0) is 0 Å². The minimum absolute atomic E-state index is 0.0924. The van der Waals surface area contributed by atoms with E-state index >= 15 is 0 Å². The van der Waals surface area contributed by atoms with Crippen LogP contribution in [0, 0.1) is 5.82 Å². The minimum Gasteiger partial charge on any atom is -0.492 e. The molecule has 2 aromatic rings. The standard InChI is InChI=1S/C15H17ClFNO4/c1-4-5-21-12-7-11(10(17)6-9(12)16)18-14(19)13(8(2)3)22-15(18)20/h6-8,19H,4-5H2,1-3H3. The summed E-state index contributed by atoms with van der Waals surface area (Å²) < 4.78 is 25.3. The molecule has 0 aliphatic carbocycles. The largest absolute Gasteiger partial charge is 0.492 e. The minimum atomic E-state index is -0.871. The number of benzene rings is 1. The van der Waals surface area contributed by atoms with Crippen molar-refractivity contribution >= 4 is 11.6 Å².